The number of methoxy groups -OCH3 is 4. The number of nitrogens with zero attached hydrogens (tertiary/aromatic N) is 4. The second-order valence-corrected chi connectivity index (χ2v) is 15.3. The Morgan fingerprint density at radius 3 is 1.55 bits per heavy atom. The predicted molar refractivity (Wildman–Crippen MR) is 218 cm³/mol. The average Bonchev–Trinajstić information content (AvgIpc) is 3.70. The Balaban J connectivity index is 0.000000198. The van der Waals surface area contributed by atoms with Crippen molar-refractivity contribution in [2.45, 2.75) is 52.6 Å². The van der Waals surface area contributed by atoms with Crippen LogP contribution in [0.5, 0.6) is 11.5 Å². The molecule has 0 atom stereocenters. The third-order valence-electron chi connectivity index (χ3n) is 8.80. The standard InChI is InChI=1S/C20H22Br2N2O2.C20H23BrN2O2/c1-12(2)13-5-7-14(8-6-13)20-23-18-17(22)15(21)11-16(26-4)19(18)24(20)9-10-25-3;1-13(2)14-5-7-15(8-6-14)20-22-17-11-16(21)12-18(25-4)19(17)23(20)9-10-24-3/h5-8,11-12H,9-10H2,1-4H3;5-8,11-13H,9-10H2,1-4H3. The van der Waals surface area contributed by atoms with Gasteiger partial charge >= 0.3 is 0 Å². The van der Waals surface area contributed by atoms with Crippen molar-refractivity contribution >= 4 is 69.9 Å². The minimum Gasteiger partial charge on any atom is -0.494 e. The second kappa shape index (κ2) is 17.5. The lowest BCUT2D eigenvalue weighted by Crippen LogP contribution is -2.07. The van der Waals surface area contributed by atoms with Gasteiger partial charge < -0.3 is 28.1 Å². The lowest BCUT2D eigenvalue weighted by molar-refractivity contribution is 0.188. The summed E-state index contributed by atoms with van der Waals surface area (Å²) in [5.74, 6) is 4.43. The van der Waals surface area contributed by atoms with Crippen molar-refractivity contribution in [3.05, 3.63) is 91.3 Å². The summed E-state index contributed by atoms with van der Waals surface area (Å²) in [6, 6.07) is 23.2. The Morgan fingerprint density at radius 2 is 1.08 bits per heavy atom. The Bertz CT molecular complexity index is 2090. The van der Waals surface area contributed by atoms with Crippen LogP contribution < -0.4 is 9.47 Å². The van der Waals surface area contributed by atoms with Gasteiger partial charge in [-0.15, -0.1) is 0 Å². The molecule has 0 fully saturated rings. The molecule has 11 heteroatoms. The SMILES string of the molecule is COCCn1c(-c2ccc(C(C)C)cc2)nc2c(Br)c(Br)cc(OC)c21.COCCn1c(-c2ccc(C(C)C)cc2)nc2cc(Br)cc(OC)c21. The van der Waals surface area contributed by atoms with E-state index in [9.17, 15) is 0 Å². The van der Waals surface area contributed by atoms with Gasteiger partial charge in [-0.3, -0.25) is 0 Å². The molecular formula is C40H45Br3N4O4. The van der Waals surface area contributed by atoms with Gasteiger partial charge in [0.25, 0.3) is 0 Å². The number of aromatic nitrogens is 4. The first-order chi connectivity index (χ1) is 24.5. The zero-order chi connectivity index (χ0) is 36.8. The van der Waals surface area contributed by atoms with E-state index in [1.54, 1.807) is 28.4 Å². The van der Waals surface area contributed by atoms with Gasteiger partial charge in [0, 0.05) is 47.4 Å². The summed E-state index contributed by atoms with van der Waals surface area (Å²) in [6.45, 7) is 11.4. The molecule has 0 aliphatic carbocycles. The summed E-state index contributed by atoms with van der Waals surface area (Å²) in [7, 11) is 6.79. The fourth-order valence-electron chi connectivity index (χ4n) is 6.00. The molecule has 0 spiro atoms. The van der Waals surface area contributed by atoms with Gasteiger partial charge in [0.2, 0.25) is 0 Å². The molecule has 8 nitrogen and oxygen atoms in total. The van der Waals surface area contributed by atoms with E-state index < -0.39 is 0 Å². The molecular weight excluding hydrogens is 840 g/mol. The third kappa shape index (κ3) is 8.54. The predicted octanol–water partition coefficient (Wildman–Crippen LogP) is 11.3. The van der Waals surface area contributed by atoms with E-state index in [4.69, 9.17) is 28.9 Å². The van der Waals surface area contributed by atoms with Crippen LogP contribution in [0.3, 0.4) is 0 Å². The highest BCUT2D eigenvalue weighted by molar-refractivity contribution is 9.13. The van der Waals surface area contributed by atoms with Gasteiger partial charge in [-0.2, -0.15) is 0 Å². The summed E-state index contributed by atoms with van der Waals surface area (Å²) >= 11 is 10.8. The highest BCUT2D eigenvalue weighted by Gasteiger charge is 2.21. The highest BCUT2D eigenvalue weighted by atomic mass is 79.9. The first-order valence-electron chi connectivity index (χ1n) is 16.9. The number of fused-ring (bicyclic) bond motifs is 2. The van der Waals surface area contributed by atoms with Crippen LogP contribution in [0.1, 0.15) is 50.7 Å². The molecule has 0 unspecified atom stereocenters. The van der Waals surface area contributed by atoms with Crippen molar-refractivity contribution in [1.29, 1.82) is 0 Å². The number of benzene rings is 4. The van der Waals surface area contributed by atoms with Crippen LogP contribution in [0, 0.1) is 0 Å². The molecule has 51 heavy (non-hydrogen) atoms. The van der Waals surface area contributed by atoms with Gasteiger partial charge in [-0.05, 0) is 73.0 Å². The smallest absolute Gasteiger partial charge is 0.146 e. The summed E-state index contributed by atoms with van der Waals surface area (Å²) in [6.07, 6.45) is 0. The number of hydrogen-bond donors (Lipinski definition) is 0. The van der Waals surface area contributed by atoms with Gasteiger partial charge in [0.05, 0.1) is 37.4 Å². The molecule has 4 aromatic carbocycles. The van der Waals surface area contributed by atoms with E-state index in [2.05, 4.69) is 133 Å². The fourth-order valence-corrected chi connectivity index (χ4v) is 7.21. The Morgan fingerprint density at radius 1 is 0.608 bits per heavy atom. The zero-order valence-electron chi connectivity index (χ0n) is 30.4. The number of hydrogen-bond acceptors (Lipinski definition) is 6. The van der Waals surface area contributed by atoms with Crippen molar-refractivity contribution < 1.29 is 18.9 Å². The maximum Gasteiger partial charge on any atom is 0.146 e. The molecule has 2 aromatic heterocycles. The minimum atomic E-state index is 0.501. The molecule has 6 rings (SSSR count). The lowest BCUT2D eigenvalue weighted by Gasteiger charge is -2.12. The third-order valence-corrected chi connectivity index (χ3v) is 11.2. The van der Waals surface area contributed by atoms with Gasteiger partial charge in [0.1, 0.15) is 39.7 Å². The molecule has 0 radical (unpaired) electrons. The topological polar surface area (TPSA) is 72.6 Å². The molecule has 0 N–H and O–H groups in total. The van der Waals surface area contributed by atoms with Crippen molar-refractivity contribution in [1.82, 2.24) is 19.1 Å². The number of ether oxygens (including phenoxy) is 4. The van der Waals surface area contributed by atoms with Crippen LogP contribution in [-0.4, -0.2) is 60.8 Å². The molecule has 0 saturated carbocycles. The summed E-state index contributed by atoms with van der Waals surface area (Å²) < 4.78 is 29.0. The van der Waals surface area contributed by atoms with Crippen molar-refractivity contribution in [2.24, 2.45) is 0 Å². The molecule has 6 aromatic rings. The first-order valence-corrected chi connectivity index (χ1v) is 19.2. The summed E-state index contributed by atoms with van der Waals surface area (Å²) in [5.41, 5.74) is 8.54. The van der Waals surface area contributed by atoms with Gasteiger partial charge in [0.15, 0.2) is 0 Å². The van der Waals surface area contributed by atoms with Crippen LogP contribution in [0.15, 0.2) is 80.1 Å². The minimum absolute atomic E-state index is 0.501. The summed E-state index contributed by atoms with van der Waals surface area (Å²) in [4.78, 5) is 9.81. The van der Waals surface area contributed by atoms with Gasteiger partial charge in [-0.1, -0.05) is 92.2 Å². The Hall–Kier alpha value is -3.22. The van der Waals surface area contributed by atoms with Crippen LogP contribution >= 0.6 is 47.8 Å². The number of halogens is 3. The quantitative estimate of drug-likeness (QED) is 0.122. The maximum atomic E-state index is 5.63. The van der Waals surface area contributed by atoms with Crippen molar-refractivity contribution in [3.63, 3.8) is 0 Å². The average molecular weight is 886 g/mol. The van der Waals surface area contributed by atoms with Crippen LogP contribution in [0.2, 0.25) is 0 Å². The molecule has 0 aliphatic heterocycles. The molecule has 270 valence electrons. The maximum absolute atomic E-state index is 5.63. The van der Waals surface area contributed by atoms with E-state index >= 15 is 0 Å². The zero-order valence-corrected chi connectivity index (χ0v) is 35.1. The molecule has 0 amide bonds. The normalized spacial score (nSPS) is 11.5. The van der Waals surface area contributed by atoms with E-state index in [-0.39, 0.29) is 0 Å². The van der Waals surface area contributed by atoms with Crippen molar-refractivity contribution in [3.8, 4) is 34.3 Å². The van der Waals surface area contributed by atoms with E-state index in [1.807, 2.05) is 18.2 Å². The van der Waals surface area contributed by atoms with Crippen molar-refractivity contribution in [2.75, 3.05) is 41.7 Å². The summed E-state index contributed by atoms with van der Waals surface area (Å²) in [5, 5.41) is 0. The monoisotopic (exact) mass is 882 g/mol. The Kier molecular flexibility index (Phi) is 13.4. The van der Waals surface area contributed by atoms with Gasteiger partial charge in [-0.25, -0.2) is 9.97 Å². The van der Waals surface area contributed by atoms with E-state index in [0.29, 0.717) is 38.1 Å². The number of imidazole rings is 2. The van der Waals surface area contributed by atoms with E-state index in [0.717, 1.165) is 69.8 Å². The van der Waals surface area contributed by atoms with E-state index in [1.165, 1.54) is 11.1 Å². The fraction of sp³-hybridized carbons (Fsp3) is 0.350. The molecule has 2 heterocycles. The molecule has 0 saturated heterocycles. The number of rotatable bonds is 12. The Labute approximate surface area is 325 Å². The first kappa shape index (κ1) is 39.0. The lowest BCUT2D eigenvalue weighted by atomic mass is 10.0. The highest BCUT2D eigenvalue weighted by Crippen LogP contribution is 2.40. The molecule has 0 aliphatic rings. The second-order valence-electron chi connectivity index (χ2n) is 12.8. The van der Waals surface area contributed by atoms with Crippen LogP contribution in [0.25, 0.3) is 44.8 Å². The van der Waals surface area contributed by atoms with Crippen LogP contribution in [0.4, 0.5) is 0 Å². The largest absolute Gasteiger partial charge is 0.494 e. The van der Waals surface area contributed by atoms with Crippen LogP contribution in [-0.2, 0) is 22.6 Å². The molecule has 0 bridgehead atoms.